The summed E-state index contributed by atoms with van der Waals surface area (Å²) in [6, 6.07) is 0. The van der Waals surface area contributed by atoms with Crippen molar-refractivity contribution in [2.75, 3.05) is 40.3 Å². The number of piperazine rings is 1. The largest absolute Gasteiger partial charge is 0.337 e. The molecule has 1 aliphatic rings. The second kappa shape index (κ2) is 4.94. The maximum absolute atomic E-state index is 11.8. The van der Waals surface area contributed by atoms with Crippen molar-refractivity contribution in [1.82, 2.24) is 13.5 Å². The van der Waals surface area contributed by atoms with Crippen LogP contribution >= 0.6 is 0 Å². The molecule has 92 valence electrons. The van der Waals surface area contributed by atoms with Gasteiger partial charge in [0, 0.05) is 40.3 Å². The lowest BCUT2D eigenvalue weighted by molar-refractivity contribution is -0.127. The van der Waals surface area contributed by atoms with Crippen LogP contribution in [0.3, 0.4) is 0 Å². The third-order valence-electron chi connectivity index (χ3n) is 2.51. The van der Waals surface area contributed by atoms with Gasteiger partial charge in [0.05, 0.1) is 0 Å². The second-order valence-electron chi connectivity index (χ2n) is 3.72. The highest BCUT2D eigenvalue weighted by molar-refractivity contribution is 7.86. The Balaban J connectivity index is 2.62. The number of carbonyl (C=O) groups is 1. The van der Waals surface area contributed by atoms with Crippen molar-refractivity contribution in [2.24, 2.45) is 0 Å². The van der Waals surface area contributed by atoms with Gasteiger partial charge in [-0.05, 0) is 6.08 Å². The normalized spacial score (nSPS) is 18.8. The van der Waals surface area contributed by atoms with E-state index in [1.165, 1.54) is 28.8 Å². The van der Waals surface area contributed by atoms with Crippen molar-refractivity contribution in [3.05, 3.63) is 12.7 Å². The topological polar surface area (TPSA) is 60.9 Å². The zero-order chi connectivity index (χ0) is 12.3. The summed E-state index contributed by atoms with van der Waals surface area (Å²) in [7, 11) is -0.360. The van der Waals surface area contributed by atoms with E-state index in [1.807, 2.05) is 0 Å². The fourth-order valence-electron chi connectivity index (χ4n) is 1.50. The standard InChI is InChI=1S/C9H17N3O3S/c1-4-9(13)11-5-7-12(8-6-11)16(14,15)10(2)3/h4H,1,5-8H2,2-3H3. The third-order valence-corrected chi connectivity index (χ3v) is 4.45. The van der Waals surface area contributed by atoms with E-state index in [-0.39, 0.29) is 5.91 Å². The minimum Gasteiger partial charge on any atom is -0.337 e. The Morgan fingerprint density at radius 1 is 1.25 bits per heavy atom. The third kappa shape index (κ3) is 2.60. The molecule has 1 amide bonds. The molecule has 0 spiro atoms. The molecule has 0 N–H and O–H groups in total. The number of amides is 1. The molecule has 6 nitrogen and oxygen atoms in total. The van der Waals surface area contributed by atoms with E-state index in [0.29, 0.717) is 26.2 Å². The van der Waals surface area contributed by atoms with Crippen LogP contribution in [0.1, 0.15) is 0 Å². The van der Waals surface area contributed by atoms with E-state index in [1.54, 1.807) is 4.90 Å². The monoisotopic (exact) mass is 247 g/mol. The fraction of sp³-hybridized carbons (Fsp3) is 0.667. The molecule has 0 radical (unpaired) electrons. The molecular formula is C9H17N3O3S. The molecule has 1 saturated heterocycles. The summed E-state index contributed by atoms with van der Waals surface area (Å²) < 4.78 is 26.1. The van der Waals surface area contributed by atoms with Crippen LogP contribution in [0.15, 0.2) is 12.7 Å². The van der Waals surface area contributed by atoms with E-state index >= 15 is 0 Å². The molecule has 16 heavy (non-hydrogen) atoms. The summed E-state index contributed by atoms with van der Waals surface area (Å²) in [6.45, 7) is 4.90. The van der Waals surface area contributed by atoms with Gasteiger partial charge >= 0.3 is 0 Å². The van der Waals surface area contributed by atoms with Crippen LogP contribution < -0.4 is 0 Å². The lowest BCUT2D eigenvalue weighted by Gasteiger charge is -2.34. The number of nitrogens with zero attached hydrogens (tertiary/aromatic N) is 3. The Hall–Kier alpha value is -0.920. The molecule has 1 aliphatic heterocycles. The summed E-state index contributed by atoms with van der Waals surface area (Å²) in [5.74, 6) is -0.151. The predicted molar refractivity (Wildman–Crippen MR) is 61.0 cm³/mol. The van der Waals surface area contributed by atoms with Crippen molar-refractivity contribution in [3.63, 3.8) is 0 Å². The first-order valence-corrected chi connectivity index (χ1v) is 6.38. The first kappa shape index (κ1) is 13.1. The molecule has 1 rings (SSSR count). The van der Waals surface area contributed by atoms with Gasteiger partial charge in [0.25, 0.3) is 10.2 Å². The average Bonchev–Trinajstić information content (AvgIpc) is 2.28. The summed E-state index contributed by atoms with van der Waals surface area (Å²) in [5, 5.41) is 0. The summed E-state index contributed by atoms with van der Waals surface area (Å²) >= 11 is 0. The van der Waals surface area contributed by atoms with Gasteiger partial charge in [0.2, 0.25) is 5.91 Å². The van der Waals surface area contributed by atoms with E-state index in [0.717, 1.165) is 0 Å². The molecular weight excluding hydrogens is 230 g/mol. The maximum Gasteiger partial charge on any atom is 0.281 e. The molecule has 0 aromatic carbocycles. The lowest BCUT2D eigenvalue weighted by atomic mass is 10.3. The zero-order valence-electron chi connectivity index (χ0n) is 9.59. The Labute approximate surface area is 96.3 Å². The van der Waals surface area contributed by atoms with Crippen LogP contribution in [0, 0.1) is 0 Å². The molecule has 0 aromatic heterocycles. The van der Waals surface area contributed by atoms with E-state index < -0.39 is 10.2 Å². The Bertz CT molecular complexity index is 369. The first-order chi connectivity index (χ1) is 7.39. The quantitative estimate of drug-likeness (QED) is 0.609. The smallest absolute Gasteiger partial charge is 0.281 e. The number of rotatable bonds is 3. The second-order valence-corrected chi connectivity index (χ2v) is 5.86. The minimum absolute atomic E-state index is 0.151. The Morgan fingerprint density at radius 2 is 1.75 bits per heavy atom. The highest BCUT2D eigenvalue weighted by Gasteiger charge is 2.29. The van der Waals surface area contributed by atoms with Gasteiger partial charge in [-0.15, -0.1) is 0 Å². The molecule has 0 bridgehead atoms. The van der Waals surface area contributed by atoms with Crippen molar-refractivity contribution in [2.45, 2.75) is 0 Å². The van der Waals surface area contributed by atoms with Gasteiger partial charge in [-0.2, -0.15) is 17.0 Å². The van der Waals surface area contributed by atoms with E-state index in [4.69, 9.17) is 0 Å². The SMILES string of the molecule is C=CC(=O)N1CCN(S(=O)(=O)N(C)C)CC1. The van der Waals surface area contributed by atoms with Crippen molar-refractivity contribution >= 4 is 16.1 Å². The Morgan fingerprint density at radius 3 is 2.12 bits per heavy atom. The number of hydrogen-bond donors (Lipinski definition) is 0. The van der Waals surface area contributed by atoms with Gasteiger partial charge < -0.3 is 4.90 Å². The van der Waals surface area contributed by atoms with Crippen LogP contribution in [0.4, 0.5) is 0 Å². The van der Waals surface area contributed by atoms with E-state index in [9.17, 15) is 13.2 Å². The van der Waals surface area contributed by atoms with Crippen molar-refractivity contribution < 1.29 is 13.2 Å². The van der Waals surface area contributed by atoms with Gasteiger partial charge in [0.15, 0.2) is 0 Å². The van der Waals surface area contributed by atoms with Gasteiger partial charge in [-0.25, -0.2) is 0 Å². The fourth-order valence-corrected chi connectivity index (χ4v) is 2.59. The summed E-state index contributed by atoms with van der Waals surface area (Å²) in [4.78, 5) is 12.9. The number of hydrogen-bond acceptors (Lipinski definition) is 3. The van der Waals surface area contributed by atoms with Gasteiger partial charge in [-0.3, -0.25) is 4.79 Å². The summed E-state index contributed by atoms with van der Waals surface area (Å²) in [5.41, 5.74) is 0. The molecule has 0 saturated carbocycles. The molecule has 0 atom stereocenters. The van der Waals surface area contributed by atoms with E-state index in [2.05, 4.69) is 6.58 Å². The maximum atomic E-state index is 11.8. The lowest BCUT2D eigenvalue weighted by Crippen LogP contribution is -2.52. The van der Waals surface area contributed by atoms with Crippen LogP contribution in [-0.2, 0) is 15.0 Å². The van der Waals surface area contributed by atoms with Crippen LogP contribution in [0.2, 0.25) is 0 Å². The van der Waals surface area contributed by atoms with Crippen LogP contribution in [0.5, 0.6) is 0 Å². The van der Waals surface area contributed by atoms with Crippen molar-refractivity contribution in [3.8, 4) is 0 Å². The minimum atomic E-state index is -3.35. The molecule has 0 aliphatic carbocycles. The average molecular weight is 247 g/mol. The zero-order valence-corrected chi connectivity index (χ0v) is 10.4. The predicted octanol–water partition coefficient (Wildman–Crippen LogP) is -0.877. The Kier molecular flexibility index (Phi) is 4.06. The molecule has 0 unspecified atom stereocenters. The number of carbonyl (C=O) groups excluding carboxylic acids is 1. The summed E-state index contributed by atoms with van der Waals surface area (Å²) in [6.07, 6.45) is 1.25. The highest BCUT2D eigenvalue weighted by Crippen LogP contribution is 2.09. The van der Waals surface area contributed by atoms with Gasteiger partial charge in [-0.1, -0.05) is 6.58 Å². The van der Waals surface area contributed by atoms with Crippen LogP contribution in [0.25, 0.3) is 0 Å². The van der Waals surface area contributed by atoms with Crippen molar-refractivity contribution in [1.29, 1.82) is 0 Å². The molecule has 1 fully saturated rings. The molecule has 7 heteroatoms. The molecule has 0 aromatic rings. The van der Waals surface area contributed by atoms with Crippen LogP contribution in [-0.4, -0.2) is 68.1 Å². The van der Waals surface area contributed by atoms with Gasteiger partial charge in [0.1, 0.15) is 0 Å². The first-order valence-electron chi connectivity index (χ1n) is 4.98. The molecule has 1 heterocycles. The highest BCUT2D eigenvalue weighted by atomic mass is 32.2.